The number of methoxy groups -OCH3 is 1. The molecule has 60 valence electrons. The number of rotatable bonds is 2. The molecule has 0 aliphatic carbocycles. The van der Waals surface area contributed by atoms with Gasteiger partial charge in [-0.1, -0.05) is 13.8 Å². The molecular weight excluding hydrogens is 126 g/mol. The zero-order chi connectivity index (χ0) is 7.56. The van der Waals surface area contributed by atoms with Crippen LogP contribution in [0.2, 0.25) is 0 Å². The smallest absolute Gasteiger partial charge is 0.0710 e. The van der Waals surface area contributed by atoms with Crippen molar-refractivity contribution < 1.29 is 4.74 Å². The van der Waals surface area contributed by atoms with E-state index in [0.29, 0.717) is 12.1 Å². The Kier molecular flexibility index (Phi) is 2.69. The summed E-state index contributed by atoms with van der Waals surface area (Å²) in [6, 6.07) is 0.671. The Morgan fingerprint density at radius 2 is 2.20 bits per heavy atom. The van der Waals surface area contributed by atoms with Gasteiger partial charge in [-0.05, 0) is 12.3 Å². The van der Waals surface area contributed by atoms with Gasteiger partial charge in [0, 0.05) is 19.7 Å². The Hall–Kier alpha value is -0.0800. The second kappa shape index (κ2) is 3.35. The Morgan fingerprint density at radius 3 is 2.50 bits per heavy atom. The van der Waals surface area contributed by atoms with E-state index < -0.39 is 0 Å². The normalized spacial score (nSPS) is 33.6. The highest BCUT2D eigenvalue weighted by molar-refractivity contribution is 4.83. The van der Waals surface area contributed by atoms with E-state index >= 15 is 0 Å². The van der Waals surface area contributed by atoms with E-state index in [0.717, 1.165) is 12.5 Å². The topological polar surface area (TPSA) is 21.3 Å². The summed E-state index contributed by atoms with van der Waals surface area (Å²) in [7, 11) is 1.79. The molecule has 0 aromatic heterocycles. The van der Waals surface area contributed by atoms with Gasteiger partial charge < -0.3 is 10.1 Å². The van der Waals surface area contributed by atoms with Crippen molar-refractivity contribution in [2.24, 2.45) is 5.92 Å². The molecular formula is C8H17NO. The van der Waals surface area contributed by atoms with Crippen molar-refractivity contribution in [2.75, 3.05) is 13.7 Å². The summed E-state index contributed by atoms with van der Waals surface area (Å²) in [5, 5.41) is 3.43. The molecule has 1 fully saturated rings. The van der Waals surface area contributed by atoms with Crippen LogP contribution < -0.4 is 5.32 Å². The molecule has 1 saturated heterocycles. The molecule has 1 heterocycles. The maximum atomic E-state index is 5.23. The van der Waals surface area contributed by atoms with E-state index in [1.807, 2.05) is 0 Å². The van der Waals surface area contributed by atoms with Crippen molar-refractivity contribution in [3.05, 3.63) is 0 Å². The lowest BCUT2D eigenvalue weighted by Gasteiger charge is -2.13. The van der Waals surface area contributed by atoms with Crippen LogP contribution in [0.25, 0.3) is 0 Å². The van der Waals surface area contributed by atoms with E-state index in [1.165, 1.54) is 6.42 Å². The minimum absolute atomic E-state index is 0.451. The molecule has 0 bridgehead atoms. The quantitative estimate of drug-likeness (QED) is 0.623. The predicted molar refractivity (Wildman–Crippen MR) is 42.0 cm³/mol. The molecule has 0 saturated carbocycles. The van der Waals surface area contributed by atoms with Crippen LogP contribution in [0, 0.1) is 5.92 Å². The molecule has 2 nitrogen and oxygen atoms in total. The third-order valence-corrected chi connectivity index (χ3v) is 2.26. The summed E-state index contributed by atoms with van der Waals surface area (Å²) in [5.41, 5.74) is 0. The zero-order valence-electron chi connectivity index (χ0n) is 7.05. The molecule has 0 spiro atoms. The van der Waals surface area contributed by atoms with Gasteiger partial charge in [0.1, 0.15) is 0 Å². The number of hydrogen-bond donors (Lipinski definition) is 1. The van der Waals surface area contributed by atoms with Gasteiger partial charge in [-0.25, -0.2) is 0 Å². The minimum atomic E-state index is 0.451. The number of nitrogens with one attached hydrogen (secondary N) is 1. The molecule has 2 atom stereocenters. The monoisotopic (exact) mass is 143 g/mol. The molecule has 0 aromatic rings. The Bertz CT molecular complexity index is 103. The van der Waals surface area contributed by atoms with Crippen LogP contribution in [-0.2, 0) is 4.74 Å². The van der Waals surface area contributed by atoms with Gasteiger partial charge in [0.05, 0.1) is 6.10 Å². The van der Waals surface area contributed by atoms with Crippen LogP contribution in [0.15, 0.2) is 0 Å². The summed E-state index contributed by atoms with van der Waals surface area (Å²) in [6.45, 7) is 5.52. The van der Waals surface area contributed by atoms with Crippen LogP contribution in [0.1, 0.15) is 20.3 Å². The van der Waals surface area contributed by atoms with Gasteiger partial charge >= 0.3 is 0 Å². The first-order valence-electron chi connectivity index (χ1n) is 4.00. The largest absolute Gasteiger partial charge is 0.380 e. The summed E-state index contributed by atoms with van der Waals surface area (Å²) in [4.78, 5) is 0. The molecule has 1 rings (SSSR count). The fraction of sp³-hybridized carbons (Fsp3) is 1.00. The first-order chi connectivity index (χ1) is 4.74. The lowest BCUT2D eigenvalue weighted by Crippen LogP contribution is -2.26. The van der Waals surface area contributed by atoms with Crippen LogP contribution in [0.3, 0.4) is 0 Å². The van der Waals surface area contributed by atoms with Crippen molar-refractivity contribution in [3.8, 4) is 0 Å². The van der Waals surface area contributed by atoms with Crippen molar-refractivity contribution in [2.45, 2.75) is 32.4 Å². The van der Waals surface area contributed by atoms with E-state index in [9.17, 15) is 0 Å². The summed E-state index contributed by atoms with van der Waals surface area (Å²) in [6.07, 6.45) is 1.63. The number of ether oxygens (including phenoxy) is 1. The lowest BCUT2D eigenvalue weighted by molar-refractivity contribution is 0.116. The third-order valence-electron chi connectivity index (χ3n) is 2.26. The Balaban J connectivity index is 2.28. The molecule has 1 aliphatic rings. The van der Waals surface area contributed by atoms with Gasteiger partial charge in [0.2, 0.25) is 0 Å². The fourth-order valence-electron chi connectivity index (χ4n) is 1.42. The van der Waals surface area contributed by atoms with Crippen LogP contribution in [0.4, 0.5) is 0 Å². The van der Waals surface area contributed by atoms with Gasteiger partial charge in [0.15, 0.2) is 0 Å². The summed E-state index contributed by atoms with van der Waals surface area (Å²) < 4.78 is 5.23. The van der Waals surface area contributed by atoms with E-state index in [4.69, 9.17) is 4.74 Å². The second-order valence-electron chi connectivity index (χ2n) is 3.35. The first kappa shape index (κ1) is 8.02. The Morgan fingerprint density at radius 1 is 1.50 bits per heavy atom. The van der Waals surface area contributed by atoms with Gasteiger partial charge in [-0.3, -0.25) is 0 Å². The lowest BCUT2D eigenvalue weighted by atomic mass is 10.0. The van der Waals surface area contributed by atoms with Gasteiger partial charge in [0.25, 0.3) is 0 Å². The van der Waals surface area contributed by atoms with Crippen LogP contribution in [0.5, 0.6) is 0 Å². The van der Waals surface area contributed by atoms with Crippen LogP contribution in [-0.4, -0.2) is 25.8 Å². The van der Waals surface area contributed by atoms with Crippen molar-refractivity contribution >= 4 is 0 Å². The van der Waals surface area contributed by atoms with E-state index in [-0.39, 0.29) is 0 Å². The van der Waals surface area contributed by atoms with Crippen molar-refractivity contribution in [1.82, 2.24) is 5.32 Å². The summed E-state index contributed by atoms with van der Waals surface area (Å²) >= 11 is 0. The standard InChI is InChI=1S/C8H17NO/c1-6(2)8-4-7(10-3)5-9-8/h6-9H,4-5H2,1-3H3/t7-,8-/m0/s1. The third kappa shape index (κ3) is 1.70. The van der Waals surface area contributed by atoms with E-state index in [2.05, 4.69) is 19.2 Å². The average molecular weight is 143 g/mol. The van der Waals surface area contributed by atoms with E-state index in [1.54, 1.807) is 7.11 Å². The maximum absolute atomic E-state index is 5.23. The molecule has 10 heavy (non-hydrogen) atoms. The predicted octanol–water partition coefficient (Wildman–Crippen LogP) is 1.02. The van der Waals surface area contributed by atoms with Gasteiger partial charge in [-0.15, -0.1) is 0 Å². The second-order valence-corrected chi connectivity index (χ2v) is 3.35. The maximum Gasteiger partial charge on any atom is 0.0710 e. The van der Waals surface area contributed by atoms with Crippen molar-refractivity contribution in [1.29, 1.82) is 0 Å². The minimum Gasteiger partial charge on any atom is -0.380 e. The highest BCUT2D eigenvalue weighted by atomic mass is 16.5. The number of hydrogen-bond acceptors (Lipinski definition) is 2. The Labute approximate surface area is 63.0 Å². The SMILES string of the molecule is CO[C@@H]1CN[C@H](C(C)C)C1. The fourth-order valence-corrected chi connectivity index (χ4v) is 1.42. The summed E-state index contributed by atoms with van der Waals surface area (Å²) in [5.74, 6) is 0.736. The molecule has 0 amide bonds. The highest BCUT2D eigenvalue weighted by Crippen LogP contribution is 2.15. The molecule has 0 radical (unpaired) electrons. The molecule has 0 unspecified atom stereocenters. The van der Waals surface area contributed by atoms with Crippen molar-refractivity contribution in [3.63, 3.8) is 0 Å². The highest BCUT2D eigenvalue weighted by Gasteiger charge is 2.25. The zero-order valence-corrected chi connectivity index (χ0v) is 7.05. The molecule has 2 heteroatoms. The first-order valence-corrected chi connectivity index (χ1v) is 4.00. The van der Waals surface area contributed by atoms with Crippen LogP contribution >= 0.6 is 0 Å². The molecule has 1 N–H and O–H groups in total. The average Bonchev–Trinajstić information content (AvgIpc) is 2.34. The molecule has 0 aromatic carbocycles. The molecule has 1 aliphatic heterocycles. The van der Waals surface area contributed by atoms with Gasteiger partial charge in [-0.2, -0.15) is 0 Å².